The number of amides is 1. The van der Waals surface area contributed by atoms with E-state index < -0.39 is 17.8 Å². The van der Waals surface area contributed by atoms with E-state index in [9.17, 15) is 14.4 Å². The molecule has 0 saturated carbocycles. The highest BCUT2D eigenvalue weighted by molar-refractivity contribution is 6.03. The zero-order valence-corrected chi connectivity index (χ0v) is 16.5. The average Bonchev–Trinajstić information content (AvgIpc) is 2.76. The van der Waals surface area contributed by atoms with Crippen LogP contribution < -0.4 is 20.1 Å². The lowest BCUT2D eigenvalue weighted by Crippen LogP contribution is -2.24. The molecule has 9 nitrogen and oxygen atoms in total. The summed E-state index contributed by atoms with van der Waals surface area (Å²) in [5, 5.41) is 5.51. The van der Waals surface area contributed by atoms with Gasteiger partial charge >= 0.3 is 11.9 Å². The fraction of sp³-hybridized carbons (Fsp3) is 0.250. The van der Waals surface area contributed by atoms with Gasteiger partial charge in [0, 0.05) is 12.1 Å². The van der Waals surface area contributed by atoms with Crippen LogP contribution >= 0.6 is 0 Å². The van der Waals surface area contributed by atoms with Crippen molar-refractivity contribution in [3.05, 3.63) is 47.5 Å². The molecule has 0 radical (unpaired) electrons. The first-order valence-electron chi connectivity index (χ1n) is 8.50. The molecule has 0 spiro atoms. The molecule has 0 aliphatic rings. The summed E-state index contributed by atoms with van der Waals surface area (Å²) in [4.78, 5) is 36.3. The molecule has 2 aromatic carbocycles. The van der Waals surface area contributed by atoms with Crippen LogP contribution in [0.3, 0.4) is 0 Å². The van der Waals surface area contributed by atoms with Crippen molar-refractivity contribution in [2.24, 2.45) is 0 Å². The maximum absolute atomic E-state index is 12.4. The van der Waals surface area contributed by atoms with Crippen LogP contribution in [-0.2, 0) is 14.3 Å². The number of nitrogens with one attached hydrogen (secondary N) is 2. The van der Waals surface area contributed by atoms with E-state index in [1.165, 1.54) is 40.6 Å². The SMILES string of the molecule is COC(=O)c1cc(OC)c(OC)cc1NCC(=O)Nc1ccccc1C(=O)OC. The normalized spacial score (nSPS) is 9.93. The number of rotatable bonds is 8. The molecule has 0 aliphatic carbocycles. The molecule has 0 saturated heterocycles. The van der Waals surface area contributed by atoms with Crippen LogP contribution in [0.5, 0.6) is 11.5 Å². The van der Waals surface area contributed by atoms with Gasteiger partial charge in [-0.1, -0.05) is 12.1 Å². The second-order valence-corrected chi connectivity index (χ2v) is 5.68. The summed E-state index contributed by atoms with van der Waals surface area (Å²) in [6, 6.07) is 9.45. The van der Waals surface area contributed by atoms with Gasteiger partial charge in [-0.15, -0.1) is 0 Å². The molecule has 0 aromatic heterocycles. The summed E-state index contributed by atoms with van der Waals surface area (Å²) in [5.74, 6) is -0.896. The quantitative estimate of drug-likeness (QED) is 0.647. The van der Waals surface area contributed by atoms with Gasteiger partial charge in [-0.25, -0.2) is 9.59 Å². The zero-order chi connectivity index (χ0) is 21.4. The molecule has 154 valence electrons. The van der Waals surface area contributed by atoms with Gasteiger partial charge in [-0.05, 0) is 12.1 Å². The molecule has 2 aromatic rings. The molecule has 0 heterocycles. The standard InChI is InChI=1S/C20H22N2O7/c1-26-16-9-13(20(25)29-4)15(10-17(16)27-2)21-11-18(23)22-14-8-6-5-7-12(14)19(24)28-3/h5-10,21H,11H2,1-4H3,(H,22,23). The number of benzene rings is 2. The molecule has 9 heteroatoms. The van der Waals surface area contributed by atoms with Crippen LogP contribution in [0.15, 0.2) is 36.4 Å². The summed E-state index contributed by atoms with van der Waals surface area (Å²) in [6.07, 6.45) is 0. The Hall–Kier alpha value is -3.75. The number of ether oxygens (including phenoxy) is 4. The largest absolute Gasteiger partial charge is 0.493 e. The van der Waals surface area contributed by atoms with Crippen LogP contribution in [0.1, 0.15) is 20.7 Å². The van der Waals surface area contributed by atoms with Crippen molar-refractivity contribution < 1.29 is 33.3 Å². The van der Waals surface area contributed by atoms with Gasteiger partial charge in [-0.2, -0.15) is 0 Å². The Labute approximate surface area is 167 Å². The van der Waals surface area contributed by atoms with Crippen LogP contribution in [0, 0.1) is 0 Å². The summed E-state index contributed by atoms with van der Waals surface area (Å²) >= 11 is 0. The fourth-order valence-corrected chi connectivity index (χ4v) is 2.55. The predicted molar refractivity (Wildman–Crippen MR) is 106 cm³/mol. The average molecular weight is 402 g/mol. The maximum Gasteiger partial charge on any atom is 0.340 e. The smallest absolute Gasteiger partial charge is 0.340 e. The van der Waals surface area contributed by atoms with Crippen molar-refractivity contribution in [1.82, 2.24) is 0 Å². The summed E-state index contributed by atoms with van der Waals surface area (Å²) in [7, 11) is 5.40. The van der Waals surface area contributed by atoms with Crippen molar-refractivity contribution in [2.45, 2.75) is 0 Å². The Morgan fingerprint density at radius 3 is 2.00 bits per heavy atom. The van der Waals surface area contributed by atoms with E-state index in [-0.39, 0.29) is 17.7 Å². The molecule has 0 aliphatic heterocycles. The minimum Gasteiger partial charge on any atom is -0.493 e. The number of anilines is 2. The number of carbonyl (C=O) groups is 3. The van der Waals surface area contributed by atoms with E-state index in [2.05, 4.69) is 10.6 Å². The summed E-state index contributed by atoms with van der Waals surface area (Å²) in [5.41, 5.74) is 1.04. The Kier molecular flexibility index (Phi) is 7.41. The highest BCUT2D eigenvalue weighted by Gasteiger charge is 2.19. The lowest BCUT2D eigenvalue weighted by atomic mass is 10.1. The van der Waals surface area contributed by atoms with Gasteiger partial charge in [0.15, 0.2) is 11.5 Å². The molecule has 29 heavy (non-hydrogen) atoms. The Bertz CT molecular complexity index is 912. The highest BCUT2D eigenvalue weighted by atomic mass is 16.5. The molecule has 1 amide bonds. The van der Waals surface area contributed by atoms with Crippen molar-refractivity contribution in [3.63, 3.8) is 0 Å². The van der Waals surface area contributed by atoms with E-state index in [0.717, 1.165) is 0 Å². The third-order valence-corrected chi connectivity index (χ3v) is 3.97. The predicted octanol–water partition coefficient (Wildman–Crippen LogP) is 2.33. The number of carbonyl (C=O) groups excluding carboxylic acids is 3. The Balaban J connectivity index is 2.20. The molecule has 0 atom stereocenters. The molecule has 0 fully saturated rings. The van der Waals surface area contributed by atoms with Crippen molar-refractivity contribution >= 4 is 29.2 Å². The number of methoxy groups -OCH3 is 4. The molecule has 2 N–H and O–H groups in total. The lowest BCUT2D eigenvalue weighted by molar-refractivity contribution is -0.114. The number of hydrogen-bond donors (Lipinski definition) is 2. The third kappa shape index (κ3) is 5.16. The Morgan fingerprint density at radius 2 is 1.38 bits per heavy atom. The second-order valence-electron chi connectivity index (χ2n) is 5.68. The monoisotopic (exact) mass is 402 g/mol. The van der Waals surface area contributed by atoms with E-state index in [1.807, 2.05) is 0 Å². The third-order valence-electron chi connectivity index (χ3n) is 3.97. The van der Waals surface area contributed by atoms with Gasteiger partial charge < -0.3 is 29.6 Å². The van der Waals surface area contributed by atoms with Crippen LogP contribution in [0.2, 0.25) is 0 Å². The van der Waals surface area contributed by atoms with Gasteiger partial charge in [-0.3, -0.25) is 4.79 Å². The van der Waals surface area contributed by atoms with Gasteiger partial charge in [0.25, 0.3) is 0 Å². The zero-order valence-electron chi connectivity index (χ0n) is 16.5. The van der Waals surface area contributed by atoms with Crippen molar-refractivity contribution in [3.8, 4) is 11.5 Å². The van der Waals surface area contributed by atoms with Gasteiger partial charge in [0.2, 0.25) is 5.91 Å². The van der Waals surface area contributed by atoms with E-state index >= 15 is 0 Å². The first-order valence-corrected chi connectivity index (χ1v) is 8.50. The van der Waals surface area contributed by atoms with E-state index in [4.69, 9.17) is 18.9 Å². The molecule has 0 unspecified atom stereocenters. The van der Waals surface area contributed by atoms with E-state index in [0.29, 0.717) is 22.9 Å². The number of hydrogen-bond acceptors (Lipinski definition) is 8. The number of esters is 2. The number of para-hydroxylation sites is 1. The molecular weight excluding hydrogens is 380 g/mol. The molecule has 2 rings (SSSR count). The lowest BCUT2D eigenvalue weighted by Gasteiger charge is -2.15. The highest BCUT2D eigenvalue weighted by Crippen LogP contribution is 2.33. The van der Waals surface area contributed by atoms with Crippen LogP contribution in [-0.4, -0.2) is 52.8 Å². The van der Waals surface area contributed by atoms with Crippen LogP contribution in [0.25, 0.3) is 0 Å². The topological polar surface area (TPSA) is 112 Å². The first kappa shape index (κ1) is 21.5. The second kappa shape index (κ2) is 9.98. The van der Waals surface area contributed by atoms with Gasteiger partial charge in [0.05, 0.1) is 57.5 Å². The van der Waals surface area contributed by atoms with Crippen LogP contribution in [0.4, 0.5) is 11.4 Å². The van der Waals surface area contributed by atoms with Gasteiger partial charge in [0.1, 0.15) is 0 Å². The minimum absolute atomic E-state index is 0.174. The summed E-state index contributed by atoms with van der Waals surface area (Å²) < 4.78 is 19.9. The summed E-state index contributed by atoms with van der Waals surface area (Å²) in [6.45, 7) is -0.186. The fourth-order valence-electron chi connectivity index (χ4n) is 2.55. The molecule has 0 bridgehead atoms. The van der Waals surface area contributed by atoms with Crippen molar-refractivity contribution in [1.29, 1.82) is 0 Å². The van der Waals surface area contributed by atoms with E-state index in [1.54, 1.807) is 24.3 Å². The maximum atomic E-state index is 12.4. The molecular formula is C20H22N2O7. The van der Waals surface area contributed by atoms with Crippen molar-refractivity contribution in [2.75, 3.05) is 45.6 Å². The first-order chi connectivity index (χ1) is 13.9. The minimum atomic E-state index is -0.607. The Morgan fingerprint density at radius 1 is 0.793 bits per heavy atom.